The van der Waals surface area contributed by atoms with Crippen LogP contribution < -0.4 is 0 Å². The molecule has 0 aliphatic carbocycles. The summed E-state index contributed by atoms with van der Waals surface area (Å²) in [5, 5.41) is 0. The zero-order valence-electron chi connectivity index (χ0n) is 10.7. The zero-order chi connectivity index (χ0) is 11.3. The first-order valence-corrected chi connectivity index (χ1v) is 6.48. The van der Waals surface area contributed by atoms with Crippen LogP contribution in [-0.4, -0.2) is 24.9 Å². The first kappa shape index (κ1) is 13.0. The Morgan fingerprint density at radius 2 is 1.87 bits per heavy atom. The van der Waals surface area contributed by atoms with E-state index < -0.39 is 0 Å². The molecule has 1 saturated heterocycles. The molecule has 90 valence electrons. The van der Waals surface area contributed by atoms with Crippen LogP contribution in [0.4, 0.5) is 0 Å². The van der Waals surface area contributed by atoms with Gasteiger partial charge in [0.05, 0.1) is 24.9 Å². The van der Waals surface area contributed by atoms with Crippen molar-refractivity contribution in [3.05, 3.63) is 0 Å². The van der Waals surface area contributed by atoms with Gasteiger partial charge in [0.25, 0.3) is 0 Å². The highest BCUT2D eigenvalue weighted by atomic mass is 16.6. The molecule has 0 aromatic heterocycles. The summed E-state index contributed by atoms with van der Waals surface area (Å²) in [5.74, 6) is 0.742. The predicted octanol–water partition coefficient (Wildman–Crippen LogP) is 3.40. The summed E-state index contributed by atoms with van der Waals surface area (Å²) in [6.07, 6.45) is 5.47. The Morgan fingerprint density at radius 3 is 2.40 bits per heavy atom. The van der Waals surface area contributed by atoms with E-state index in [-0.39, 0.29) is 0 Å². The van der Waals surface area contributed by atoms with Gasteiger partial charge in [0, 0.05) is 0 Å². The largest absolute Gasteiger partial charge is 0.373 e. The van der Waals surface area contributed by atoms with Gasteiger partial charge in [-0.25, -0.2) is 0 Å². The van der Waals surface area contributed by atoms with E-state index in [2.05, 4.69) is 27.7 Å². The van der Waals surface area contributed by atoms with Crippen LogP contribution in [0, 0.1) is 5.92 Å². The Hall–Kier alpha value is -0.0800. The van der Waals surface area contributed by atoms with Gasteiger partial charge in [-0.2, -0.15) is 0 Å². The van der Waals surface area contributed by atoms with Crippen LogP contribution in [-0.2, 0) is 9.47 Å². The van der Waals surface area contributed by atoms with Gasteiger partial charge in [-0.1, -0.05) is 34.1 Å². The molecule has 1 aliphatic rings. The minimum atomic E-state index is 0.317. The van der Waals surface area contributed by atoms with E-state index in [1.54, 1.807) is 0 Å². The van der Waals surface area contributed by atoms with Gasteiger partial charge >= 0.3 is 0 Å². The lowest BCUT2D eigenvalue weighted by molar-refractivity contribution is -0.185. The fourth-order valence-corrected chi connectivity index (χ4v) is 2.07. The van der Waals surface area contributed by atoms with E-state index in [1.165, 1.54) is 6.42 Å². The first-order valence-electron chi connectivity index (χ1n) is 6.48. The molecule has 4 unspecified atom stereocenters. The van der Waals surface area contributed by atoms with Crippen molar-refractivity contribution in [3.63, 3.8) is 0 Å². The highest BCUT2D eigenvalue weighted by Gasteiger charge is 2.30. The van der Waals surface area contributed by atoms with Crippen LogP contribution in [0.25, 0.3) is 0 Å². The van der Waals surface area contributed by atoms with Gasteiger partial charge in [-0.15, -0.1) is 0 Å². The van der Waals surface area contributed by atoms with Crippen molar-refractivity contribution in [1.82, 2.24) is 0 Å². The van der Waals surface area contributed by atoms with Gasteiger partial charge < -0.3 is 9.47 Å². The molecule has 1 aliphatic heterocycles. The van der Waals surface area contributed by atoms with Crippen LogP contribution in [0.5, 0.6) is 0 Å². The summed E-state index contributed by atoms with van der Waals surface area (Å²) < 4.78 is 12.0. The van der Waals surface area contributed by atoms with Crippen LogP contribution in [0.2, 0.25) is 0 Å². The lowest BCUT2D eigenvalue weighted by Crippen LogP contribution is -2.43. The Bertz CT molecular complexity index is 170. The summed E-state index contributed by atoms with van der Waals surface area (Å²) in [4.78, 5) is 0. The number of hydrogen-bond acceptors (Lipinski definition) is 2. The third-order valence-electron chi connectivity index (χ3n) is 3.47. The maximum atomic E-state index is 6.02. The molecule has 0 N–H and O–H groups in total. The molecular weight excluding hydrogens is 188 g/mol. The number of rotatable bonds is 5. The first-order chi connectivity index (χ1) is 7.21. The molecule has 0 aromatic rings. The van der Waals surface area contributed by atoms with Gasteiger partial charge in [-0.3, -0.25) is 0 Å². The average Bonchev–Trinajstić information content (AvgIpc) is 2.29. The third-order valence-corrected chi connectivity index (χ3v) is 3.47. The fourth-order valence-electron chi connectivity index (χ4n) is 2.07. The standard InChI is InChI=1S/C13H26O2/c1-5-10(4)8-13-12(7-3)15-11(6-2)9-14-13/h10-13H,5-9H2,1-4H3. The van der Waals surface area contributed by atoms with Crippen LogP contribution >= 0.6 is 0 Å². The monoisotopic (exact) mass is 214 g/mol. The van der Waals surface area contributed by atoms with E-state index in [0.717, 1.165) is 31.8 Å². The summed E-state index contributed by atoms with van der Waals surface area (Å²) in [6.45, 7) is 9.67. The lowest BCUT2D eigenvalue weighted by Gasteiger charge is -2.37. The van der Waals surface area contributed by atoms with Crippen molar-refractivity contribution in [1.29, 1.82) is 0 Å². The van der Waals surface area contributed by atoms with Crippen molar-refractivity contribution >= 4 is 0 Å². The van der Waals surface area contributed by atoms with E-state index in [9.17, 15) is 0 Å². The molecule has 4 atom stereocenters. The molecule has 15 heavy (non-hydrogen) atoms. The lowest BCUT2D eigenvalue weighted by atomic mass is 9.95. The van der Waals surface area contributed by atoms with Crippen molar-refractivity contribution in [3.8, 4) is 0 Å². The molecule has 0 saturated carbocycles. The highest BCUT2D eigenvalue weighted by Crippen LogP contribution is 2.25. The Balaban J connectivity index is 2.43. The quantitative estimate of drug-likeness (QED) is 0.698. The van der Waals surface area contributed by atoms with Crippen molar-refractivity contribution in [2.45, 2.75) is 71.7 Å². The van der Waals surface area contributed by atoms with Crippen molar-refractivity contribution in [2.75, 3.05) is 6.61 Å². The van der Waals surface area contributed by atoms with Crippen molar-refractivity contribution in [2.24, 2.45) is 5.92 Å². The topological polar surface area (TPSA) is 18.5 Å². The molecule has 0 radical (unpaired) electrons. The van der Waals surface area contributed by atoms with Crippen LogP contribution in [0.15, 0.2) is 0 Å². The second-order valence-electron chi connectivity index (χ2n) is 4.73. The highest BCUT2D eigenvalue weighted by molar-refractivity contribution is 4.78. The molecule has 1 rings (SSSR count). The van der Waals surface area contributed by atoms with Crippen molar-refractivity contribution < 1.29 is 9.47 Å². The minimum absolute atomic E-state index is 0.317. The molecule has 2 heteroatoms. The molecule has 0 amide bonds. The summed E-state index contributed by atoms with van der Waals surface area (Å²) >= 11 is 0. The van der Waals surface area contributed by atoms with Gasteiger partial charge in [0.2, 0.25) is 0 Å². The van der Waals surface area contributed by atoms with Gasteiger partial charge in [0.1, 0.15) is 0 Å². The average molecular weight is 214 g/mol. The van der Waals surface area contributed by atoms with E-state index in [4.69, 9.17) is 9.47 Å². The van der Waals surface area contributed by atoms with E-state index >= 15 is 0 Å². The predicted molar refractivity (Wildman–Crippen MR) is 63.1 cm³/mol. The normalized spacial score (nSPS) is 34.0. The third kappa shape index (κ3) is 3.76. The SMILES string of the molecule is CCC(C)CC1OCC(CC)OC1CC. The molecule has 0 bridgehead atoms. The molecular formula is C13H26O2. The smallest absolute Gasteiger partial charge is 0.0840 e. The summed E-state index contributed by atoms with van der Waals surface area (Å²) in [6, 6.07) is 0. The number of hydrogen-bond donors (Lipinski definition) is 0. The van der Waals surface area contributed by atoms with E-state index in [1.807, 2.05) is 0 Å². The Labute approximate surface area is 94.3 Å². The molecule has 0 spiro atoms. The van der Waals surface area contributed by atoms with Gasteiger partial charge in [0.15, 0.2) is 0 Å². The second kappa shape index (κ2) is 6.49. The molecule has 2 nitrogen and oxygen atoms in total. The summed E-state index contributed by atoms with van der Waals surface area (Å²) in [5.41, 5.74) is 0. The van der Waals surface area contributed by atoms with E-state index in [0.29, 0.717) is 18.3 Å². The second-order valence-corrected chi connectivity index (χ2v) is 4.73. The minimum Gasteiger partial charge on any atom is -0.373 e. The molecule has 0 aromatic carbocycles. The fraction of sp³-hybridized carbons (Fsp3) is 1.00. The Morgan fingerprint density at radius 1 is 1.13 bits per heavy atom. The van der Waals surface area contributed by atoms with Crippen LogP contribution in [0.1, 0.15) is 53.4 Å². The number of ether oxygens (including phenoxy) is 2. The molecule has 1 fully saturated rings. The molecule has 1 heterocycles. The maximum absolute atomic E-state index is 6.02. The maximum Gasteiger partial charge on any atom is 0.0840 e. The Kier molecular flexibility index (Phi) is 5.62. The van der Waals surface area contributed by atoms with Gasteiger partial charge in [-0.05, 0) is 25.2 Å². The van der Waals surface area contributed by atoms with Crippen LogP contribution in [0.3, 0.4) is 0 Å². The zero-order valence-corrected chi connectivity index (χ0v) is 10.7. The summed E-state index contributed by atoms with van der Waals surface area (Å²) in [7, 11) is 0.